The molecule has 0 fully saturated rings. The highest BCUT2D eigenvalue weighted by Crippen LogP contribution is 2.25. The number of aromatic nitrogens is 1. The van der Waals surface area contributed by atoms with E-state index in [1.54, 1.807) is 12.1 Å². The Balaban J connectivity index is 2.07. The molecule has 0 aromatic carbocycles. The van der Waals surface area contributed by atoms with Crippen LogP contribution >= 0.6 is 11.3 Å². The molecular weight excluding hydrogens is 292 g/mol. The smallest absolute Gasteiger partial charge is 0.326 e. The van der Waals surface area contributed by atoms with Crippen molar-refractivity contribution in [1.29, 1.82) is 0 Å². The van der Waals surface area contributed by atoms with Gasteiger partial charge in [-0.15, -0.1) is 11.3 Å². The number of rotatable bonds is 6. The Morgan fingerprint density at radius 1 is 1.48 bits per heavy atom. The molecule has 0 aliphatic carbocycles. The third-order valence-electron chi connectivity index (χ3n) is 2.77. The molecule has 21 heavy (non-hydrogen) atoms. The van der Waals surface area contributed by atoms with Crippen molar-refractivity contribution in [2.75, 3.05) is 0 Å². The fourth-order valence-electron chi connectivity index (χ4n) is 1.82. The first kappa shape index (κ1) is 15.2. The molecule has 6 nitrogen and oxygen atoms in total. The molecule has 2 N–H and O–H groups in total. The van der Waals surface area contributed by atoms with E-state index in [1.807, 2.05) is 13.8 Å². The van der Waals surface area contributed by atoms with Gasteiger partial charge in [-0.1, -0.05) is 13.8 Å². The quantitative estimate of drug-likeness (QED) is 0.855. The van der Waals surface area contributed by atoms with Crippen LogP contribution in [0.3, 0.4) is 0 Å². The number of carbonyl (C=O) groups excluding carboxylic acids is 1. The maximum Gasteiger partial charge on any atom is 0.326 e. The summed E-state index contributed by atoms with van der Waals surface area (Å²) in [6, 6.07) is 2.59. The van der Waals surface area contributed by atoms with E-state index in [-0.39, 0.29) is 5.92 Å². The van der Waals surface area contributed by atoms with Gasteiger partial charge >= 0.3 is 5.97 Å². The zero-order valence-corrected chi connectivity index (χ0v) is 12.5. The summed E-state index contributed by atoms with van der Waals surface area (Å²) in [6.45, 7) is 3.81. The van der Waals surface area contributed by atoms with E-state index < -0.39 is 17.9 Å². The molecule has 0 saturated heterocycles. The van der Waals surface area contributed by atoms with Crippen LogP contribution in [0, 0.1) is 5.92 Å². The second kappa shape index (κ2) is 6.53. The number of nitrogens with one attached hydrogen (secondary N) is 1. The molecule has 0 aliphatic rings. The van der Waals surface area contributed by atoms with Crippen molar-refractivity contribution in [2.24, 2.45) is 5.92 Å². The van der Waals surface area contributed by atoms with Gasteiger partial charge in [0.25, 0.3) is 5.91 Å². The summed E-state index contributed by atoms with van der Waals surface area (Å²) in [4.78, 5) is 27.7. The number of carboxylic acids is 1. The predicted octanol–water partition coefficient (Wildman–Crippen LogP) is 2.63. The summed E-state index contributed by atoms with van der Waals surface area (Å²) in [7, 11) is 0. The maximum absolute atomic E-state index is 12.1. The van der Waals surface area contributed by atoms with Crippen molar-refractivity contribution in [3.05, 3.63) is 29.5 Å². The molecule has 1 amide bonds. The Kier molecular flexibility index (Phi) is 4.74. The Hall–Kier alpha value is -2.15. The van der Waals surface area contributed by atoms with E-state index in [2.05, 4.69) is 10.3 Å². The normalized spacial score (nSPS) is 12.3. The minimum atomic E-state index is -1.03. The first-order valence-corrected chi connectivity index (χ1v) is 7.32. The largest absolute Gasteiger partial charge is 0.480 e. The van der Waals surface area contributed by atoms with Crippen molar-refractivity contribution >= 4 is 23.2 Å². The molecule has 112 valence electrons. The van der Waals surface area contributed by atoms with E-state index in [1.165, 1.54) is 12.5 Å². The van der Waals surface area contributed by atoms with Crippen molar-refractivity contribution in [1.82, 2.24) is 10.3 Å². The van der Waals surface area contributed by atoms with Gasteiger partial charge in [0, 0.05) is 0 Å². The molecular formula is C14H16N2O4S. The first-order valence-electron chi connectivity index (χ1n) is 6.50. The third-order valence-corrected chi connectivity index (χ3v) is 3.78. The fourth-order valence-corrected chi connectivity index (χ4v) is 2.60. The minimum Gasteiger partial charge on any atom is -0.480 e. The van der Waals surface area contributed by atoms with Crippen LogP contribution in [0.2, 0.25) is 0 Å². The van der Waals surface area contributed by atoms with Gasteiger partial charge in [-0.3, -0.25) is 4.79 Å². The summed E-state index contributed by atoms with van der Waals surface area (Å²) >= 11 is 1.16. The van der Waals surface area contributed by atoms with Crippen LogP contribution in [-0.4, -0.2) is 28.0 Å². The topological polar surface area (TPSA) is 92.4 Å². The van der Waals surface area contributed by atoms with Crippen LogP contribution in [0.4, 0.5) is 0 Å². The summed E-state index contributed by atoms with van der Waals surface area (Å²) in [5.74, 6) is -0.714. The average Bonchev–Trinajstić information content (AvgIpc) is 3.08. The highest BCUT2D eigenvalue weighted by atomic mass is 32.1. The molecule has 2 rings (SSSR count). The van der Waals surface area contributed by atoms with E-state index in [0.717, 1.165) is 11.3 Å². The maximum atomic E-state index is 12.1. The fraction of sp³-hybridized carbons (Fsp3) is 0.357. The van der Waals surface area contributed by atoms with Crippen LogP contribution < -0.4 is 5.32 Å². The number of furan rings is 1. The van der Waals surface area contributed by atoms with Gasteiger partial charge in [0.2, 0.25) is 0 Å². The zero-order chi connectivity index (χ0) is 15.4. The predicted molar refractivity (Wildman–Crippen MR) is 78.2 cm³/mol. The summed E-state index contributed by atoms with van der Waals surface area (Å²) in [5, 5.41) is 12.2. The molecule has 1 atom stereocenters. The Morgan fingerprint density at radius 3 is 2.81 bits per heavy atom. The number of amides is 1. The van der Waals surface area contributed by atoms with Crippen LogP contribution in [-0.2, 0) is 4.79 Å². The number of nitrogens with zero attached hydrogens (tertiary/aromatic N) is 1. The number of hydrogen-bond acceptors (Lipinski definition) is 5. The van der Waals surface area contributed by atoms with E-state index >= 15 is 0 Å². The van der Waals surface area contributed by atoms with Crippen molar-refractivity contribution in [2.45, 2.75) is 26.3 Å². The van der Waals surface area contributed by atoms with E-state index in [9.17, 15) is 9.59 Å². The Bertz CT molecular complexity index is 619. The summed E-state index contributed by atoms with van der Waals surface area (Å²) < 4.78 is 5.21. The zero-order valence-electron chi connectivity index (χ0n) is 11.7. The average molecular weight is 308 g/mol. The lowest BCUT2D eigenvalue weighted by Crippen LogP contribution is -2.41. The molecule has 0 spiro atoms. The van der Waals surface area contributed by atoms with Crippen molar-refractivity contribution in [3.8, 4) is 10.8 Å². The van der Waals surface area contributed by atoms with E-state index in [0.29, 0.717) is 22.1 Å². The molecule has 0 bridgehead atoms. The lowest BCUT2D eigenvalue weighted by molar-refractivity contribution is -0.139. The SMILES string of the molecule is CC(C)CC(NC(=O)c1cnc(-c2ccco2)s1)C(=O)O. The lowest BCUT2D eigenvalue weighted by Gasteiger charge is -2.15. The van der Waals surface area contributed by atoms with Crippen molar-refractivity contribution < 1.29 is 19.1 Å². The van der Waals surface area contributed by atoms with Gasteiger partial charge in [-0.2, -0.15) is 0 Å². The Morgan fingerprint density at radius 2 is 2.24 bits per heavy atom. The van der Waals surface area contributed by atoms with E-state index in [4.69, 9.17) is 9.52 Å². The highest BCUT2D eigenvalue weighted by molar-refractivity contribution is 7.16. The number of hydrogen-bond donors (Lipinski definition) is 2. The van der Waals surface area contributed by atoms with Gasteiger partial charge in [-0.05, 0) is 24.5 Å². The van der Waals surface area contributed by atoms with Gasteiger partial charge < -0.3 is 14.8 Å². The molecule has 0 saturated carbocycles. The molecule has 2 aromatic rings. The van der Waals surface area contributed by atoms with Crippen LogP contribution in [0.5, 0.6) is 0 Å². The second-order valence-corrected chi connectivity index (χ2v) is 6.03. The summed E-state index contributed by atoms with van der Waals surface area (Å²) in [5.41, 5.74) is 0. The van der Waals surface area contributed by atoms with Gasteiger partial charge in [0.1, 0.15) is 10.9 Å². The van der Waals surface area contributed by atoms with Crippen LogP contribution in [0.1, 0.15) is 29.9 Å². The second-order valence-electron chi connectivity index (χ2n) is 5.00. The molecule has 0 radical (unpaired) electrons. The van der Waals surface area contributed by atoms with Gasteiger partial charge in [0.05, 0.1) is 12.5 Å². The first-order chi connectivity index (χ1) is 9.97. The number of aliphatic carboxylic acids is 1. The van der Waals surface area contributed by atoms with Crippen LogP contribution in [0.25, 0.3) is 10.8 Å². The van der Waals surface area contributed by atoms with Gasteiger partial charge in [-0.25, -0.2) is 9.78 Å². The molecule has 0 aliphatic heterocycles. The Labute approximate surface area is 125 Å². The molecule has 2 heterocycles. The summed E-state index contributed by atoms with van der Waals surface area (Å²) in [6.07, 6.45) is 3.33. The minimum absolute atomic E-state index is 0.173. The van der Waals surface area contributed by atoms with Crippen molar-refractivity contribution in [3.63, 3.8) is 0 Å². The standard InChI is InChI=1S/C14H16N2O4S/c1-8(2)6-9(14(18)19)16-12(17)11-7-15-13(21-11)10-4-3-5-20-10/h3-5,7-9H,6H2,1-2H3,(H,16,17)(H,18,19). The van der Waals surface area contributed by atoms with Gasteiger partial charge in [0.15, 0.2) is 10.8 Å². The molecule has 1 unspecified atom stereocenters. The monoisotopic (exact) mass is 308 g/mol. The number of thiazole rings is 1. The van der Waals surface area contributed by atoms with Crippen LogP contribution in [0.15, 0.2) is 29.0 Å². The molecule has 2 aromatic heterocycles. The molecule has 7 heteroatoms. The highest BCUT2D eigenvalue weighted by Gasteiger charge is 2.23. The lowest BCUT2D eigenvalue weighted by atomic mass is 10.0. The number of carboxylic acid groups (broad SMARTS) is 1. The number of carbonyl (C=O) groups is 2. The third kappa shape index (κ3) is 3.91.